The molecule has 0 aliphatic carbocycles. The van der Waals surface area contributed by atoms with Crippen LogP contribution >= 0.6 is 0 Å². The number of piperidine rings is 1. The molecule has 4 heteroatoms. The first kappa shape index (κ1) is 15.0. The van der Waals surface area contributed by atoms with Crippen LogP contribution in [0.25, 0.3) is 0 Å². The smallest absolute Gasteiger partial charge is 0.255 e. The molecule has 0 bridgehead atoms. The molecule has 0 aromatic heterocycles. The van der Waals surface area contributed by atoms with Gasteiger partial charge in [-0.3, -0.25) is 4.79 Å². The number of amides is 1. The number of benzene rings is 1. The van der Waals surface area contributed by atoms with Crippen molar-refractivity contribution in [3.05, 3.63) is 35.9 Å². The molecule has 0 spiro atoms. The summed E-state index contributed by atoms with van der Waals surface area (Å²) >= 11 is 0. The molecule has 4 nitrogen and oxygen atoms in total. The average molecular weight is 276 g/mol. The van der Waals surface area contributed by atoms with E-state index in [0.29, 0.717) is 13.1 Å². The SMILES string of the molecule is CCN(Cc1ccccc1)C(=O)C1(OC)CCNCC1. The maximum absolute atomic E-state index is 12.9. The first-order valence-electron chi connectivity index (χ1n) is 7.31. The third-order valence-corrected chi connectivity index (χ3v) is 4.08. The molecule has 1 saturated heterocycles. The zero-order chi connectivity index (χ0) is 14.4. The van der Waals surface area contributed by atoms with Gasteiger partial charge in [-0.2, -0.15) is 0 Å². The van der Waals surface area contributed by atoms with Crippen LogP contribution < -0.4 is 5.32 Å². The Morgan fingerprint density at radius 3 is 2.50 bits per heavy atom. The molecule has 0 radical (unpaired) electrons. The number of carbonyl (C=O) groups is 1. The van der Waals surface area contributed by atoms with Gasteiger partial charge in [0.25, 0.3) is 5.91 Å². The minimum Gasteiger partial charge on any atom is -0.368 e. The lowest BCUT2D eigenvalue weighted by Crippen LogP contribution is -2.55. The minimum atomic E-state index is -0.643. The second-order valence-corrected chi connectivity index (χ2v) is 5.25. The van der Waals surface area contributed by atoms with Crippen molar-refractivity contribution in [2.75, 3.05) is 26.7 Å². The van der Waals surface area contributed by atoms with E-state index in [4.69, 9.17) is 4.74 Å². The molecule has 1 aromatic rings. The van der Waals surface area contributed by atoms with Crippen molar-refractivity contribution in [3.8, 4) is 0 Å². The number of carbonyl (C=O) groups excluding carboxylic acids is 1. The summed E-state index contributed by atoms with van der Waals surface area (Å²) in [6.07, 6.45) is 1.49. The van der Waals surface area contributed by atoms with E-state index < -0.39 is 5.60 Å². The second kappa shape index (κ2) is 6.86. The maximum atomic E-state index is 12.9. The first-order chi connectivity index (χ1) is 9.72. The fraction of sp³-hybridized carbons (Fsp3) is 0.562. The highest BCUT2D eigenvalue weighted by Crippen LogP contribution is 2.25. The molecule has 110 valence electrons. The van der Waals surface area contributed by atoms with Gasteiger partial charge in [-0.05, 0) is 38.4 Å². The van der Waals surface area contributed by atoms with Crippen molar-refractivity contribution >= 4 is 5.91 Å². The van der Waals surface area contributed by atoms with Gasteiger partial charge in [-0.25, -0.2) is 0 Å². The normalized spacial score (nSPS) is 17.7. The van der Waals surface area contributed by atoms with E-state index in [9.17, 15) is 4.79 Å². The molecular formula is C16H24N2O2. The van der Waals surface area contributed by atoms with E-state index in [0.717, 1.165) is 31.5 Å². The quantitative estimate of drug-likeness (QED) is 0.891. The summed E-state index contributed by atoms with van der Waals surface area (Å²) in [6.45, 7) is 5.04. The Bertz CT molecular complexity index is 427. The molecule has 1 N–H and O–H groups in total. The largest absolute Gasteiger partial charge is 0.368 e. The van der Waals surface area contributed by atoms with Crippen LogP contribution in [0.2, 0.25) is 0 Å². The minimum absolute atomic E-state index is 0.118. The highest BCUT2D eigenvalue weighted by atomic mass is 16.5. The van der Waals surface area contributed by atoms with E-state index in [2.05, 4.69) is 17.4 Å². The number of nitrogens with zero attached hydrogens (tertiary/aromatic N) is 1. The van der Waals surface area contributed by atoms with Gasteiger partial charge in [0.15, 0.2) is 0 Å². The summed E-state index contributed by atoms with van der Waals surface area (Å²) in [4.78, 5) is 14.8. The summed E-state index contributed by atoms with van der Waals surface area (Å²) in [6, 6.07) is 10.1. The van der Waals surface area contributed by atoms with Gasteiger partial charge in [0, 0.05) is 20.2 Å². The zero-order valence-electron chi connectivity index (χ0n) is 12.4. The number of nitrogens with one attached hydrogen (secondary N) is 1. The van der Waals surface area contributed by atoms with Gasteiger partial charge in [0.1, 0.15) is 5.60 Å². The van der Waals surface area contributed by atoms with E-state index in [1.54, 1.807) is 7.11 Å². The van der Waals surface area contributed by atoms with E-state index >= 15 is 0 Å². The van der Waals surface area contributed by atoms with Crippen LogP contribution in [-0.4, -0.2) is 43.2 Å². The lowest BCUT2D eigenvalue weighted by atomic mass is 9.90. The molecule has 20 heavy (non-hydrogen) atoms. The van der Waals surface area contributed by atoms with Gasteiger partial charge < -0.3 is 15.0 Å². The Morgan fingerprint density at radius 2 is 1.95 bits per heavy atom. The molecular weight excluding hydrogens is 252 g/mol. The first-order valence-corrected chi connectivity index (χ1v) is 7.31. The Balaban J connectivity index is 2.11. The third kappa shape index (κ3) is 3.19. The molecule has 1 heterocycles. The summed E-state index contributed by atoms with van der Waals surface area (Å²) in [5.74, 6) is 0.118. The lowest BCUT2D eigenvalue weighted by Gasteiger charge is -2.38. The topological polar surface area (TPSA) is 41.6 Å². The lowest BCUT2D eigenvalue weighted by molar-refractivity contribution is -0.158. The van der Waals surface area contributed by atoms with Crippen molar-refractivity contribution in [1.29, 1.82) is 0 Å². The van der Waals surface area contributed by atoms with Gasteiger partial charge in [0.05, 0.1) is 0 Å². The molecule has 1 aliphatic heterocycles. The second-order valence-electron chi connectivity index (χ2n) is 5.25. The highest BCUT2D eigenvalue weighted by Gasteiger charge is 2.41. The number of ether oxygens (including phenoxy) is 1. The maximum Gasteiger partial charge on any atom is 0.255 e. The van der Waals surface area contributed by atoms with Crippen molar-refractivity contribution in [2.45, 2.75) is 31.9 Å². The third-order valence-electron chi connectivity index (χ3n) is 4.08. The monoisotopic (exact) mass is 276 g/mol. The number of rotatable bonds is 5. The number of hydrogen-bond donors (Lipinski definition) is 1. The van der Waals surface area contributed by atoms with Crippen LogP contribution in [0.4, 0.5) is 0 Å². The van der Waals surface area contributed by atoms with Crippen LogP contribution in [-0.2, 0) is 16.1 Å². The molecule has 2 rings (SSSR count). The van der Waals surface area contributed by atoms with E-state index in [1.807, 2.05) is 30.0 Å². The molecule has 0 saturated carbocycles. The van der Waals surface area contributed by atoms with Crippen molar-refractivity contribution in [1.82, 2.24) is 10.2 Å². The van der Waals surface area contributed by atoms with Gasteiger partial charge in [-0.1, -0.05) is 30.3 Å². The molecule has 1 amide bonds. The summed E-state index contributed by atoms with van der Waals surface area (Å²) in [7, 11) is 1.65. The van der Waals surface area contributed by atoms with Gasteiger partial charge in [-0.15, -0.1) is 0 Å². The Kier molecular flexibility index (Phi) is 5.15. The zero-order valence-corrected chi connectivity index (χ0v) is 12.4. The van der Waals surface area contributed by atoms with Crippen LogP contribution in [0.1, 0.15) is 25.3 Å². The average Bonchev–Trinajstić information content (AvgIpc) is 2.53. The van der Waals surface area contributed by atoms with Crippen molar-refractivity contribution in [2.24, 2.45) is 0 Å². The molecule has 0 unspecified atom stereocenters. The van der Waals surface area contributed by atoms with Crippen LogP contribution in [0.15, 0.2) is 30.3 Å². The summed E-state index contributed by atoms with van der Waals surface area (Å²) < 4.78 is 5.63. The Morgan fingerprint density at radius 1 is 1.30 bits per heavy atom. The van der Waals surface area contributed by atoms with E-state index in [-0.39, 0.29) is 5.91 Å². The van der Waals surface area contributed by atoms with Gasteiger partial charge in [0.2, 0.25) is 0 Å². The van der Waals surface area contributed by atoms with Crippen LogP contribution in [0, 0.1) is 0 Å². The molecule has 1 aliphatic rings. The Hall–Kier alpha value is -1.39. The Labute approximate surface area is 121 Å². The predicted molar refractivity (Wildman–Crippen MR) is 79.4 cm³/mol. The van der Waals surface area contributed by atoms with Crippen molar-refractivity contribution in [3.63, 3.8) is 0 Å². The molecule has 0 atom stereocenters. The predicted octanol–water partition coefficient (Wildman–Crippen LogP) is 1.80. The number of hydrogen-bond acceptors (Lipinski definition) is 3. The summed E-state index contributed by atoms with van der Waals surface area (Å²) in [5.41, 5.74) is 0.513. The van der Waals surface area contributed by atoms with E-state index in [1.165, 1.54) is 0 Å². The standard InChI is InChI=1S/C16H24N2O2/c1-3-18(13-14-7-5-4-6-8-14)15(19)16(20-2)9-11-17-12-10-16/h4-8,17H,3,9-13H2,1-2H3. The number of likely N-dealkylation sites (N-methyl/N-ethyl adjacent to an activating group) is 1. The summed E-state index contributed by atoms with van der Waals surface area (Å²) in [5, 5.41) is 3.28. The highest BCUT2D eigenvalue weighted by molar-refractivity contribution is 5.85. The fourth-order valence-electron chi connectivity index (χ4n) is 2.76. The molecule has 1 aromatic carbocycles. The van der Waals surface area contributed by atoms with Crippen LogP contribution in [0.5, 0.6) is 0 Å². The molecule has 1 fully saturated rings. The van der Waals surface area contributed by atoms with Crippen LogP contribution in [0.3, 0.4) is 0 Å². The van der Waals surface area contributed by atoms with Gasteiger partial charge >= 0.3 is 0 Å². The number of methoxy groups -OCH3 is 1. The van der Waals surface area contributed by atoms with Crippen molar-refractivity contribution < 1.29 is 9.53 Å². The fourth-order valence-corrected chi connectivity index (χ4v) is 2.76.